The van der Waals surface area contributed by atoms with Crippen molar-refractivity contribution in [1.29, 1.82) is 0 Å². The van der Waals surface area contributed by atoms with Crippen molar-refractivity contribution in [3.63, 3.8) is 0 Å². The molecule has 0 bridgehead atoms. The first kappa shape index (κ1) is 12.9. The molecule has 2 rings (SSSR count). The number of aromatic nitrogens is 1. The van der Waals surface area contributed by atoms with Crippen molar-refractivity contribution in [3.8, 4) is 0 Å². The number of rotatable bonds is 2. The van der Waals surface area contributed by atoms with Gasteiger partial charge in [-0.25, -0.2) is 0 Å². The summed E-state index contributed by atoms with van der Waals surface area (Å²) in [4.78, 5) is 25.4. The second-order valence-corrected chi connectivity index (χ2v) is 4.84. The van der Waals surface area contributed by atoms with Gasteiger partial charge in [-0.3, -0.25) is 9.59 Å². The number of amides is 1. The molecular weight excluding hydrogens is 320 g/mol. The number of carbonyl (C=O) groups excluding carboxylic acids is 1. The third-order valence-electron chi connectivity index (χ3n) is 2.21. The van der Waals surface area contributed by atoms with Gasteiger partial charge in [0.05, 0.1) is 10.7 Å². The molecule has 0 unspecified atom stereocenters. The van der Waals surface area contributed by atoms with Gasteiger partial charge in [0.25, 0.3) is 5.91 Å². The Labute approximate surface area is 116 Å². The molecule has 18 heavy (non-hydrogen) atoms. The van der Waals surface area contributed by atoms with Crippen LogP contribution in [-0.2, 0) is 0 Å². The summed E-state index contributed by atoms with van der Waals surface area (Å²) in [7, 11) is 0. The van der Waals surface area contributed by atoms with Gasteiger partial charge < -0.3 is 10.3 Å². The van der Waals surface area contributed by atoms with Crippen molar-refractivity contribution in [1.82, 2.24) is 4.98 Å². The van der Waals surface area contributed by atoms with E-state index in [1.165, 1.54) is 18.3 Å². The van der Waals surface area contributed by atoms with Crippen molar-refractivity contribution in [2.45, 2.75) is 0 Å². The van der Waals surface area contributed by atoms with Crippen LogP contribution in [0.4, 0.5) is 5.69 Å². The number of carbonyl (C=O) groups is 1. The maximum absolute atomic E-state index is 11.9. The Morgan fingerprint density at radius 1 is 1.28 bits per heavy atom. The highest BCUT2D eigenvalue weighted by molar-refractivity contribution is 9.10. The summed E-state index contributed by atoms with van der Waals surface area (Å²) < 4.78 is 0.799. The van der Waals surface area contributed by atoms with E-state index in [1.807, 2.05) is 0 Å². The van der Waals surface area contributed by atoms with Crippen LogP contribution in [0.3, 0.4) is 0 Å². The van der Waals surface area contributed by atoms with Gasteiger partial charge >= 0.3 is 0 Å². The summed E-state index contributed by atoms with van der Waals surface area (Å²) >= 11 is 9.24. The zero-order valence-corrected chi connectivity index (χ0v) is 11.4. The third kappa shape index (κ3) is 3.00. The van der Waals surface area contributed by atoms with E-state index in [0.717, 1.165) is 4.47 Å². The number of nitrogens with one attached hydrogen (secondary N) is 2. The highest BCUT2D eigenvalue weighted by Gasteiger charge is 2.09. The molecule has 92 valence electrons. The van der Waals surface area contributed by atoms with Crippen molar-refractivity contribution < 1.29 is 4.79 Å². The smallest absolute Gasteiger partial charge is 0.255 e. The SMILES string of the molecule is O=C(Nc1cc(Br)ccc1Cl)c1cc[nH]c(=O)c1. The predicted molar refractivity (Wildman–Crippen MR) is 74.2 cm³/mol. The van der Waals surface area contributed by atoms with Crippen LogP contribution in [0.25, 0.3) is 0 Å². The number of benzene rings is 1. The molecule has 0 atom stereocenters. The van der Waals surface area contributed by atoms with Gasteiger partial charge in [-0.1, -0.05) is 27.5 Å². The molecule has 1 aromatic heterocycles. The average molecular weight is 328 g/mol. The van der Waals surface area contributed by atoms with Gasteiger partial charge in [0.1, 0.15) is 0 Å². The van der Waals surface area contributed by atoms with Crippen LogP contribution in [0.5, 0.6) is 0 Å². The lowest BCUT2D eigenvalue weighted by Crippen LogP contribution is -2.15. The van der Waals surface area contributed by atoms with E-state index in [9.17, 15) is 9.59 Å². The summed E-state index contributed by atoms with van der Waals surface area (Å²) in [6.45, 7) is 0. The standard InChI is InChI=1S/C12H8BrClN2O2/c13-8-1-2-9(14)10(6-8)16-12(18)7-3-4-15-11(17)5-7/h1-6H,(H,15,17)(H,16,18). The second-order valence-electron chi connectivity index (χ2n) is 3.52. The highest BCUT2D eigenvalue weighted by atomic mass is 79.9. The maximum atomic E-state index is 11.9. The van der Waals surface area contributed by atoms with Crippen LogP contribution >= 0.6 is 27.5 Å². The summed E-state index contributed by atoms with van der Waals surface area (Å²) in [5, 5.41) is 3.07. The lowest BCUT2D eigenvalue weighted by atomic mass is 10.2. The molecule has 2 N–H and O–H groups in total. The van der Waals surface area contributed by atoms with Gasteiger partial charge in [0, 0.05) is 22.3 Å². The molecule has 6 heteroatoms. The molecule has 4 nitrogen and oxygen atoms in total. The molecule has 0 radical (unpaired) electrons. The fraction of sp³-hybridized carbons (Fsp3) is 0. The Morgan fingerprint density at radius 3 is 2.78 bits per heavy atom. The summed E-state index contributed by atoms with van der Waals surface area (Å²) in [5.74, 6) is -0.388. The molecule has 1 heterocycles. The fourth-order valence-electron chi connectivity index (χ4n) is 1.37. The molecule has 0 aliphatic heterocycles. The van der Waals surface area contributed by atoms with Crippen molar-refractivity contribution in [3.05, 3.63) is 61.9 Å². The molecular formula is C12H8BrClN2O2. The second kappa shape index (κ2) is 5.37. The molecule has 0 aliphatic carbocycles. The van der Waals surface area contributed by atoms with Crippen molar-refractivity contribution in [2.24, 2.45) is 0 Å². The first-order valence-corrected chi connectivity index (χ1v) is 6.18. The Balaban J connectivity index is 2.26. The van der Waals surface area contributed by atoms with Gasteiger partial charge in [-0.15, -0.1) is 0 Å². The minimum Gasteiger partial charge on any atom is -0.329 e. The molecule has 0 saturated carbocycles. The number of anilines is 1. The Hall–Kier alpha value is -1.59. The minimum absolute atomic E-state index is 0.273. The Morgan fingerprint density at radius 2 is 2.06 bits per heavy atom. The lowest BCUT2D eigenvalue weighted by molar-refractivity contribution is 0.102. The number of hydrogen-bond acceptors (Lipinski definition) is 2. The van der Waals surface area contributed by atoms with Crippen LogP contribution in [0.15, 0.2) is 45.8 Å². The van der Waals surface area contributed by atoms with Crippen LogP contribution < -0.4 is 10.9 Å². The van der Waals surface area contributed by atoms with Crippen LogP contribution in [0, 0.1) is 0 Å². The fourth-order valence-corrected chi connectivity index (χ4v) is 1.90. The molecule has 2 aromatic rings. The first-order chi connectivity index (χ1) is 8.56. The number of H-pyrrole nitrogens is 1. The van der Waals surface area contributed by atoms with Crippen LogP contribution in [0.1, 0.15) is 10.4 Å². The van der Waals surface area contributed by atoms with E-state index >= 15 is 0 Å². The van der Waals surface area contributed by atoms with Crippen LogP contribution in [-0.4, -0.2) is 10.9 Å². The largest absolute Gasteiger partial charge is 0.329 e. The highest BCUT2D eigenvalue weighted by Crippen LogP contribution is 2.25. The molecule has 0 fully saturated rings. The van der Waals surface area contributed by atoms with E-state index in [1.54, 1.807) is 18.2 Å². The van der Waals surface area contributed by atoms with E-state index in [2.05, 4.69) is 26.2 Å². The zero-order valence-electron chi connectivity index (χ0n) is 9.04. The van der Waals surface area contributed by atoms with Gasteiger partial charge in [0.2, 0.25) is 5.56 Å². The number of pyridine rings is 1. The molecule has 0 spiro atoms. The molecule has 1 aromatic carbocycles. The van der Waals surface area contributed by atoms with Gasteiger partial charge in [0.15, 0.2) is 0 Å². The Bertz CT molecular complexity index is 655. The summed E-state index contributed by atoms with van der Waals surface area (Å²) in [5.41, 5.74) is 0.425. The number of hydrogen-bond donors (Lipinski definition) is 2. The summed E-state index contributed by atoms with van der Waals surface area (Å²) in [6.07, 6.45) is 1.42. The minimum atomic E-state index is -0.388. The number of halogens is 2. The Kier molecular flexibility index (Phi) is 3.84. The molecule has 0 aliphatic rings. The monoisotopic (exact) mass is 326 g/mol. The quantitative estimate of drug-likeness (QED) is 0.890. The predicted octanol–water partition coefficient (Wildman–Crippen LogP) is 3.04. The lowest BCUT2D eigenvalue weighted by Gasteiger charge is -2.07. The van der Waals surface area contributed by atoms with E-state index < -0.39 is 0 Å². The number of aromatic amines is 1. The van der Waals surface area contributed by atoms with Crippen LogP contribution in [0.2, 0.25) is 5.02 Å². The van der Waals surface area contributed by atoms with E-state index in [-0.39, 0.29) is 17.0 Å². The molecule has 0 saturated heterocycles. The summed E-state index contributed by atoms with van der Waals surface area (Å²) in [6, 6.07) is 7.86. The third-order valence-corrected chi connectivity index (χ3v) is 3.04. The zero-order chi connectivity index (χ0) is 13.1. The molecule has 1 amide bonds. The first-order valence-electron chi connectivity index (χ1n) is 5.01. The maximum Gasteiger partial charge on any atom is 0.255 e. The average Bonchev–Trinajstić information content (AvgIpc) is 2.34. The topological polar surface area (TPSA) is 62.0 Å². The van der Waals surface area contributed by atoms with Gasteiger partial charge in [-0.05, 0) is 24.3 Å². The van der Waals surface area contributed by atoms with E-state index in [4.69, 9.17) is 11.6 Å². The normalized spacial score (nSPS) is 10.1. The van der Waals surface area contributed by atoms with Crippen molar-refractivity contribution in [2.75, 3.05) is 5.32 Å². The van der Waals surface area contributed by atoms with E-state index in [0.29, 0.717) is 10.7 Å². The van der Waals surface area contributed by atoms with Crippen molar-refractivity contribution >= 4 is 39.1 Å². The van der Waals surface area contributed by atoms with Gasteiger partial charge in [-0.2, -0.15) is 0 Å².